The first kappa shape index (κ1) is 34.2. The van der Waals surface area contributed by atoms with E-state index in [1.54, 1.807) is 0 Å². The molecule has 2 heterocycles. The Balaban J connectivity index is 0.940. The molecule has 0 spiro atoms. The second kappa shape index (κ2) is 16.2. The fourth-order valence-corrected chi connectivity index (χ4v) is 7.14. The summed E-state index contributed by atoms with van der Waals surface area (Å²) in [4.78, 5) is 13.0. The molecule has 0 unspecified atom stereocenters. The van der Waals surface area contributed by atoms with E-state index in [1.165, 1.54) is 22.7 Å². The highest BCUT2D eigenvalue weighted by atomic mass is 32.3. The van der Waals surface area contributed by atoms with Gasteiger partial charge < -0.3 is 9.80 Å². The summed E-state index contributed by atoms with van der Waals surface area (Å²) in [7, 11) is -4.17. The monoisotopic (exact) mass is 714 g/mol. The van der Waals surface area contributed by atoms with E-state index in [4.69, 9.17) is 8.37 Å². The summed E-state index contributed by atoms with van der Waals surface area (Å²) in [5.41, 5.74) is 4.99. The molecule has 0 bridgehead atoms. The molecule has 2 aromatic heterocycles. The molecule has 6 rings (SSSR count). The van der Waals surface area contributed by atoms with Crippen molar-refractivity contribution in [3.8, 4) is 0 Å². The number of hydrogen-bond donors (Lipinski definition) is 0. The number of fused-ring (bicyclic) bond motifs is 2. The minimum absolute atomic E-state index is 0.0558. The first-order valence-electron chi connectivity index (χ1n) is 15.7. The molecule has 12 nitrogen and oxygen atoms in total. The summed E-state index contributed by atoms with van der Waals surface area (Å²) in [5, 5.41) is 18.4. The van der Waals surface area contributed by atoms with E-state index >= 15 is 0 Å². The number of hydrogen-bond acceptors (Lipinski definition) is 14. The quantitative estimate of drug-likeness (QED) is 0.0906. The van der Waals surface area contributed by atoms with E-state index in [1.807, 2.05) is 121 Å². The largest absolute Gasteiger partial charge is 0.399 e. The zero-order valence-electron chi connectivity index (χ0n) is 26.9. The number of benzene rings is 4. The van der Waals surface area contributed by atoms with Crippen LogP contribution in [0, 0.1) is 0 Å². The van der Waals surface area contributed by atoms with Gasteiger partial charge in [-0.1, -0.05) is 46.9 Å². The Morgan fingerprint density at radius 3 is 1.39 bits per heavy atom. The van der Waals surface area contributed by atoms with Gasteiger partial charge in [-0.3, -0.25) is 0 Å². The summed E-state index contributed by atoms with van der Waals surface area (Å²) in [6.07, 6.45) is 0. The van der Waals surface area contributed by atoms with E-state index in [-0.39, 0.29) is 13.2 Å². The van der Waals surface area contributed by atoms with Crippen molar-refractivity contribution in [2.24, 2.45) is 20.5 Å². The van der Waals surface area contributed by atoms with Crippen LogP contribution in [0.2, 0.25) is 0 Å². The molecule has 0 atom stereocenters. The van der Waals surface area contributed by atoms with Crippen molar-refractivity contribution in [3.05, 3.63) is 97.1 Å². The summed E-state index contributed by atoms with van der Waals surface area (Å²) in [6.45, 7) is 5.89. The van der Waals surface area contributed by atoms with E-state index < -0.39 is 10.4 Å². The molecule has 4 aromatic carbocycles. The highest BCUT2D eigenvalue weighted by Crippen LogP contribution is 2.31. The Hall–Kier alpha value is -4.67. The van der Waals surface area contributed by atoms with Crippen LogP contribution in [-0.2, 0) is 18.8 Å². The van der Waals surface area contributed by atoms with Crippen LogP contribution in [0.3, 0.4) is 0 Å². The Labute approximate surface area is 292 Å². The molecule has 0 amide bonds. The van der Waals surface area contributed by atoms with Gasteiger partial charge in [0.2, 0.25) is 10.3 Å². The van der Waals surface area contributed by atoms with Crippen molar-refractivity contribution in [3.63, 3.8) is 0 Å². The molecule has 0 aliphatic heterocycles. The highest BCUT2D eigenvalue weighted by molar-refractivity contribution is 7.81. The van der Waals surface area contributed by atoms with Gasteiger partial charge in [-0.25, -0.2) is 18.3 Å². The number of likely N-dealkylation sites (N-methyl/N-ethyl adjacent to an activating group) is 2. The first-order chi connectivity index (χ1) is 23.9. The molecule has 0 saturated carbocycles. The maximum Gasteiger partial charge on any atom is 0.399 e. The first-order valence-corrected chi connectivity index (χ1v) is 18.6. The van der Waals surface area contributed by atoms with Gasteiger partial charge in [0.25, 0.3) is 0 Å². The topological polar surface area (TPSA) is 134 Å². The zero-order chi connectivity index (χ0) is 34.1. The number of rotatable bonds is 16. The molecular formula is C34H34N8O4S3. The molecule has 0 aliphatic carbocycles. The third-order valence-electron chi connectivity index (χ3n) is 7.44. The van der Waals surface area contributed by atoms with E-state index in [0.29, 0.717) is 47.8 Å². The Bertz CT molecular complexity index is 1940. The SMILES string of the molecule is CCN(CCOS(=O)(=O)OCCN(CC)c1ccc(/N=N/c2nc3ccccc3s2)cc1)c1ccc(/N=N/c2nc3ccccc3s2)cc1. The van der Waals surface area contributed by atoms with Crippen LogP contribution >= 0.6 is 22.7 Å². The minimum Gasteiger partial charge on any atom is -0.369 e. The van der Waals surface area contributed by atoms with Gasteiger partial charge in [0, 0.05) is 37.6 Å². The number of aromatic nitrogens is 2. The third-order valence-corrected chi connectivity index (χ3v) is 10.2. The standard InChI is InChI=1S/C34H34N8O4S3/c1-3-41(27-17-13-25(14-18-27)37-39-33-35-29-9-5-7-11-31(29)47-33)21-23-45-49(43,44)46-24-22-42(4-2)28-19-15-26(16-20-28)38-40-34-36-30-10-6-8-12-32(30)48-34/h5-20H,3-4,21-24H2,1-2H3/b39-37+,40-38+. The summed E-state index contributed by atoms with van der Waals surface area (Å²) >= 11 is 2.97. The number of para-hydroxylation sites is 2. The predicted molar refractivity (Wildman–Crippen MR) is 197 cm³/mol. The number of azo groups is 2. The van der Waals surface area contributed by atoms with Gasteiger partial charge in [-0.05, 0) is 86.6 Å². The normalized spacial score (nSPS) is 12.1. The summed E-state index contributed by atoms with van der Waals surface area (Å²) < 4.78 is 37.4. The molecule has 49 heavy (non-hydrogen) atoms. The molecule has 0 fully saturated rings. The van der Waals surface area contributed by atoms with E-state index in [2.05, 4.69) is 30.4 Å². The molecule has 252 valence electrons. The van der Waals surface area contributed by atoms with Crippen molar-refractivity contribution in [2.75, 3.05) is 49.2 Å². The third kappa shape index (κ3) is 9.28. The number of thiazole rings is 2. The van der Waals surface area contributed by atoms with Crippen LogP contribution < -0.4 is 9.80 Å². The van der Waals surface area contributed by atoms with Crippen LogP contribution in [0.15, 0.2) is 118 Å². The molecule has 15 heteroatoms. The van der Waals surface area contributed by atoms with Gasteiger partial charge in [-0.15, -0.1) is 20.5 Å². The van der Waals surface area contributed by atoms with Crippen LogP contribution in [0.25, 0.3) is 20.4 Å². The average Bonchev–Trinajstić information content (AvgIpc) is 3.74. The van der Waals surface area contributed by atoms with Crippen molar-refractivity contribution < 1.29 is 16.8 Å². The predicted octanol–water partition coefficient (Wildman–Crippen LogP) is 9.37. The minimum atomic E-state index is -4.17. The molecule has 0 radical (unpaired) electrons. The molecule has 0 saturated heterocycles. The fourth-order valence-electron chi connectivity index (χ4n) is 4.94. The second-order valence-corrected chi connectivity index (χ2v) is 13.9. The smallest absolute Gasteiger partial charge is 0.369 e. The Morgan fingerprint density at radius 2 is 1.00 bits per heavy atom. The zero-order valence-corrected chi connectivity index (χ0v) is 29.4. The lowest BCUT2D eigenvalue weighted by Gasteiger charge is -2.23. The van der Waals surface area contributed by atoms with Crippen molar-refractivity contribution in [1.29, 1.82) is 0 Å². The number of anilines is 2. The Morgan fingerprint density at radius 1 is 0.592 bits per heavy atom. The maximum atomic E-state index is 12.5. The lowest BCUT2D eigenvalue weighted by Crippen LogP contribution is -2.30. The van der Waals surface area contributed by atoms with Gasteiger partial charge in [0.15, 0.2) is 0 Å². The van der Waals surface area contributed by atoms with Crippen molar-refractivity contribution in [2.45, 2.75) is 13.8 Å². The van der Waals surface area contributed by atoms with Crippen molar-refractivity contribution in [1.82, 2.24) is 9.97 Å². The molecular weight excluding hydrogens is 681 g/mol. The molecule has 6 aromatic rings. The van der Waals surface area contributed by atoms with Gasteiger partial charge in [0.1, 0.15) is 0 Å². The summed E-state index contributed by atoms with van der Waals surface area (Å²) in [5.74, 6) is 0. The van der Waals surface area contributed by atoms with Gasteiger partial charge in [-0.2, -0.15) is 8.42 Å². The lowest BCUT2D eigenvalue weighted by molar-refractivity contribution is 0.221. The van der Waals surface area contributed by atoms with Gasteiger partial charge in [0.05, 0.1) is 45.0 Å². The van der Waals surface area contributed by atoms with Crippen LogP contribution in [0.5, 0.6) is 0 Å². The van der Waals surface area contributed by atoms with Crippen LogP contribution in [0.1, 0.15) is 13.8 Å². The highest BCUT2D eigenvalue weighted by Gasteiger charge is 2.15. The lowest BCUT2D eigenvalue weighted by atomic mass is 10.2. The average molecular weight is 715 g/mol. The fraction of sp³-hybridized carbons (Fsp3) is 0.235. The Kier molecular flexibility index (Phi) is 11.3. The molecule has 0 N–H and O–H groups in total. The van der Waals surface area contributed by atoms with Crippen LogP contribution in [-0.4, -0.2) is 57.8 Å². The molecule has 0 aliphatic rings. The second-order valence-electron chi connectivity index (χ2n) is 10.6. The van der Waals surface area contributed by atoms with Crippen LogP contribution in [0.4, 0.5) is 33.0 Å². The van der Waals surface area contributed by atoms with E-state index in [0.717, 1.165) is 31.8 Å². The maximum absolute atomic E-state index is 12.5. The van der Waals surface area contributed by atoms with E-state index in [9.17, 15) is 8.42 Å². The van der Waals surface area contributed by atoms with Crippen molar-refractivity contribution >= 4 is 86.5 Å². The van der Waals surface area contributed by atoms with Gasteiger partial charge >= 0.3 is 10.4 Å². The summed E-state index contributed by atoms with van der Waals surface area (Å²) in [6, 6.07) is 30.8. The number of nitrogens with zero attached hydrogens (tertiary/aromatic N) is 8.